The molecule has 0 spiro atoms. The van der Waals surface area contributed by atoms with Crippen molar-refractivity contribution in [2.45, 2.75) is 44.7 Å². The van der Waals surface area contributed by atoms with Crippen molar-refractivity contribution in [3.05, 3.63) is 68.7 Å². The average molecular weight is 537 g/mol. The molecule has 8 N–H and O–H groups in total. The molecule has 2 unspecified atom stereocenters. The Labute approximate surface area is 223 Å². The monoisotopic (exact) mass is 536 g/mol. The number of hydrogen-bond donors (Lipinski definition) is 6. The van der Waals surface area contributed by atoms with Gasteiger partial charge in [0.2, 0.25) is 5.95 Å². The van der Waals surface area contributed by atoms with E-state index in [0.717, 1.165) is 24.0 Å². The van der Waals surface area contributed by atoms with Gasteiger partial charge in [0, 0.05) is 18.7 Å². The Morgan fingerprint density at radius 3 is 2.55 bits per heavy atom. The van der Waals surface area contributed by atoms with Crippen LogP contribution in [0.1, 0.15) is 55.4 Å². The number of nitrogens with zero attached hydrogens (tertiary/aromatic N) is 2. The molecule has 0 radical (unpaired) electrons. The van der Waals surface area contributed by atoms with E-state index < -0.39 is 23.5 Å². The highest BCUT2D eigenvalue weighted by atomic mass is 32.1. The number of aromatic nitrogens is 2. The van der Waals surface area contributed by atoms with Gasteiger partial charge in [-0.25, -0.2) is 14.8 Å². The van der Waals surface area contributed by atoms with Gasteiger partial charge in [-0.15, -0.1) is 11.3 Å². The molecule has 1 saturated carbocycles. The van der Waals surface area contributed by atoms with E-state index in [1.807, 2.05) is 12.1 Å². The number of nitrogens with one attached hydrogen (secondary N) is 3. The minimum absolute atomic E-state index is 0.0838. The first-order chi connectivity index (χ1) is 18.2. The second-order valence-electron chi connectivity index (χ2n) is 9.15. The zero-order valence-corrected chi connectivity index (χ0v) is 21.9. The molecule has 3 aromatic rings. The van der Waals surface area contributed by atoms with Crippen LogP contribution in [-0.2, 0) is 11.2 Å². The van der Waals surface area contributed by atoms with Crippen LogP contribution >= 0.6 is 11.3 Å². The molecule has 0 aliphatic heterocycles. The first-order valence-corrected chi connectivity index (χ1v) is 13.0. The predicted octanol–water partition coefficient (Wildman–Crippen LogP) is 0.715. The van der Waals surface area contributed by atoms with Gasteiger partial charge >= 0.3 is 5.97 Å². The summed E-state index contributed by atoms with van der Waals surface area (Å²) >= 11 is 1.25. The third kappa shape index (κ3) is 5.49. The summed E-state index contributed by atoms with van der Waals surface area (Å²) in [6.45, 7) is 3.92. The molecule has 2 atom stereocenters. The quantitative estimate of drug-likeness (QED) is 0.118. The standard InChI is InChI=1S/C26H29N7O4S/c1-14-21(23(35)33-26(24(36)37)12-20(26)32-22(34)19-9-5-11-38-19)15(2)31-25(30-14)29-10-4-7-16-6-3-8-18(28)17(16)13-27/h3,5-6,8-9,11,13,20,27H,4,7,10,12,28H2,1-2H3,(H,32,34)(H,33,35)(H,36,37)(H,29,30,31)/p+1. The molecule has 12 heteroatoms. The number of anilines is 2. The zero-order chi connectivity index (χ0) is 27.4. The number of nitrogens with two attached hydrogens (primary N) is 2. The Morgan fingerprint density at radius 2 is 1.92 bits per heavy atom. The van der Waals surface area contributed by atoms with Crippen LogP contribution in [0.25, 0.3) is 0 Å². The first kappa shape index (κ1) is 26.7. The maximum atomic E-state index is 13.1. The van der Waals surface area contributed by atoms with E-state index in [0.29, 0.717) is 34.4 Å². The maximum absolute atomic E-state index is 13.1. The first-order valence-electron chi connectivity index (χ1n) is 12.1. The van der Waals surface area contributed by atoms with E-state index in [1.165, 1.54) is 17.6 Å². The normalized spacial score (nSPS) is 17.9. The summed E-state index contributed by atoms with van der Waals surface area (Å²) in [5, 5.41) is 25.7. The Balaban J connectivity index is 1.37. The number of amides is 2. The fourth-order valence-electron chi connectivity index (χ4n) is 4.42. The fourth-order valence-corrected chi connectivity index (χ4v) is 5.05. The number of aryl methyl sites for hydroxylation is 3. The number of carbonyl (C=O) groups is 3. The molecule has 1 fully saturated rings. The van der Waals surface area contributed by atoms with Crippen LogP contribution in [0.15, 0.2) is 35.7 Å². The number of rotatable bonds is 11. The molecule has 198 valence electrons. The van der Waals surface area contributed by atoms with Gasteiger partial charge in [0.25, 0.3) is 11.8 Å². The molecule has 11 nitrogen and oxygen atoms in total. The van der Waals surface area contributed by atoms with E-state index >= 15 is 0 Å². The highest BCUT2D eigenvalue weighted by Gasteiger charge is 2.63. The van der Waals surface area contributed by atoms with Crippen LogP contribution in [0, 0.1) is 13.8 Å². The molecule has 1 aliphatic rings. The van der Waals surface area contributed by atoms with Crippen LogP contribution in [0.4, 0.5) is 11.6 Å². The Bertz CT molecular complexity index is 1370. The summed E-state index contributed by atoms with van der Waals surface area (Å²) in [5.41, 5.74) is 7.93. The van der Waals surface area contributed by atoms with Crippen molar-refractivity contribution in [3.63, 3.8) is 0 Å². The summed E-state index contributed by atoms with van der Waals surface area (Å²) in [6.07, 6.45) is 3.11. The lowest BCUT2D eigenvalue weighted by molar-refractivity contribution is -0.140. The van der Waals surface area contributed by atoms with Crippen molar-refractivity contribution in [2.24, 2.45) is 0 Å². The zero-order valence-electron chi connectivity index (χ0n) is 21.1. The van der Waals surface area contributed by atoms with Gasteiger partial charge in [-0.3, -0.25) is 15.0 Å². The Hall–Kier alpha value is -4.32. The largest absolute Gasteiger partial charge is 0.479 e. The number of aliphatic carboxylic acids is 1. The molecule has 2 amide bonds. The molecular weight excluding hydrogens is 506 g/mol. The van der Waals surface area contributed by atoms with Crippen molar-refractivity contribution >= 4 is 47.0 Å². The van der Waals surface area contributed by atoms with Gasteiger partial charge in [-0.2, -0.15) is 0 Å². The number of carboxylic acids is 1. The fraction of sp³-hybridized carbons (Fsp3) is 0.308. The third-order valence-electron chi connectivity index (χ3n) is 6.53. The van der Waals surface area contributed by atoms with E-state index in [-0.39, 0.29) is 17.9 Å². The van der Waals surface area contributed by atoms with E-state index in [9.17, 15) is 19.5 Å². The summed E-state index contributed by atoms with van der Waals surface area (Å²) in [5.74, 6) is -1.82. The van der Waals surface area contributed by atoms with Gasteiger partial charge in [0.1, 0.15) is 0 Å². The van der Waals surface area contributed by atoms with Crippen molar-refractivity contribution in [1.29, 1.82) is 0 Å². The summed E-state index contributed by atoms with van der Waals surface area (Å²) in [6, 6.07) is 8.34. The van der Waals surface area contributed by atoms with Crippen LogP contribution in [0.5, 0.6) is 0 Å². The molecular formula is C26H30N7O4S+. The maximum Gasteiger partial charge on any atom is 0.331 e. The predicted molar refractivity (Wildman–Crippen MR) is 144 cm³/mol. The lowest BCUT2D eigenvalue weighted by atomic mass is 10.0. The van der Waals surface area contributed by atoms with Crippen molar-refractivity contribution in [2.75, 3.05) is 17.6 Å². The number of hydrogen-bond acceptors (Lipinski definition) is 8. The number of nitrogen functional groups attached to an aromatic ring is 1. The molecule has 0 bridgehead atoms. The molecule has 38 heavy (non-hydrogen) atoms. The highest BCUT2D eigenvalue weighted by Crippen LogP contribution is 2.37. The van der Waals surface area contributed by atoms with Crippen molar-refractivity contribution < 1.29 is 24.9 Å². The van der Waals surface area contributed by atoms with Gasteiger partial charge < -0.3 is 26.8 Å². The number of carboxylic acid groups (broad SMARTS) is 1. The Morgan fingerprint density at radius 1 is 1.18 bits per heavy atom. The molecule has 1 aliphatic carbocycles. The number of carbonyl (C=O) groups excluding carboxylic acids is 2. The molecule has 2 aromatic heterocycles. The Kier molecular flexibility index (Phi) is 7.72. The second-order valence-corrected chi connectivity index (χ2v) is 10.1. The highest BCUT2D eigenvalue weighted by molar-refractivity contribution is 7.12. The summed E-state index contributed by atoms with van der Waals surface area (Å²) in [7, 11) is 0. The van der Waals surface area contributed by atoms with Gasteiger partial charge in [-0.05, 0) is 49.8 Å². The summed E-state index contributed by atoms with van der Waals surface area (Å²) < 4.78 is 0. The van der Waals surface area contributed by atoms with E-state index in [4.69, 9.17) is 11.1 Å². The van der Waals surface area contributed by atoms with E-state index in [1.54, 1.807) is 37.4 Å². The SMILES string of the molecule is Cc1nc(NCCCc2cccc(N)c2C=[NH2+])nc(C)c1C(=O)NC1(C(=O)O)CC1NC(=O)c1cccs1. The lowest BCUT2D eigenvalue weighted by Crippen LogP contribution is -2.49. The third-order valence-corrected chi connectivity index (χ3v) is 7.40. The minimum atomic E-state index is -1.58. The smallest absolute Gasteiger partial charge is 0.331 e. The van der Waals surface area contributed by atoms with Gasteiger partial charge in [0.15, 0.2) is 11.8 Å². The van der Waals surface area contributed by atoms with Gasteiger partial charge in [-0.1, -0.05) is 18.2 Å². The van der Waals surface area contributed by atoms with Gasteiger partial charge in [0.05, 0.1) is 33.4 Å². The molecule has 4 rings (SSSR count). The van der Waals surface area contributed by atoms with Crippen molar-refractivity contribution in [3.8, 4) is 0 Å². The van der Waals surface area contributed by atoms with Crippen LogP contribution in [-0.4, -0.2) is 57.2 Å². The van der Waals surface area contributed by atoms with Crippen LogP contribution in [0.2, 0.25) is 0 Å². The summed E-state index contributed by atoms with van der Waals surface area (Å²) in [4.78, 5) is 46.8. The lowest BCUT2D eigenvalue weighted by Gasteiger charge is -2.17. The topological polar surface area (TPSA) is 185 Å². The number of benzene rings is 1. The van der Waals surface area contributed by atoms with Crippen LogP contribution in [0.3, 0.4) is 0 Å². The average Bonchev–Trinajstić information content (AvgIpc) is 3.27. The molecule has 2 heterocycles. The molecule has 1 aromatic carbocycles. The molecule has 0 saturated heterocycles. The van der Waals surface area contributed by atoms with Crippen LogP contribution < -0.4 is 27.1 Å². The van der Waals surface area contributed by atoms with Crippen molar-refractivity contribution in [1.82, 2.24) is 20.6 Å². The second kappa shape index (κ2) is 11.0. The number of thiophene rings is 1. The van der Waals surface area contributed by atoms with E-state index in [2.05, 4.69) is 25.9 Å². The minimum Gasteiger partial charge on any atom is -0.479 e.